The van der Waals surface area contributed by atoms with Gasteiger partial charge < -0.3 is 4.74 Å². The average molecular weight is 268 g/mol. The average Bonchev–Trinajstić information content (AvgIpc) is 2.65. The molecule has 0 amide bonds. The highest BCUT2D eigenvalue weighted by Gasteiger charge is 2.21. The Morgan fingerprint density at radius 2 is 2.00 bits per heavy atom. The SMILES string of the molecule is CC(C)(C)OC(=O)C1=Nn2ccc3cccc(c32)C=C1. The first-order valence-electron chi connectivity index (χ1n) is 6.54. The Hall–Kier alpha value is -2.36. The molecule has 0 atom stereocenters. The van der Waals surface area contributed by atoms with Crippen LogP contribution in [-0.4, -0.2) is 22.0 Å². The molecule has 0 saturated carbocycles. The van der Waals surface area contributed by atoms with E-state index in [1.807, 2.05) is 57.3 Å². The summed E-state index contributed by atoms with van der Waals surface area (Å²) in [7, 11) is 0. The second kappa shape index (κ2) is 4.34. The van der Waals surface area contributed by atoms with Crippen molar-refractivity contribution in [3.63, 3.8) is 0 Å². The van der Waals surface area contributed by atoms with E-state index in [2.05, 4.69) is 5.10 Å². The fraction of sp³-hybridized carbons (Fsp3) is 0.250. The van der Waals surface area contributed by atoms with E-state index in [1.54, 1.807) is 10.8 Å². The van der Waals surface area contributed by atoms with Crippen LogP contribution >= 0.6 is 0 Å². The molecule has 4 nitrogen and oxygen atoms in total. The maximum Gasteiger partial charge on any atom is 0.359 e. The predicted octanol–water partition coefficient (Wildman–Crippen LogP) is 3.21. The summed E-state index contributed by atoms with van der Waals surface area (Å²) in [4.78, 5) is 12.1. The lowest BCUT2D eigenvalue weighted by Gasteiger charge is -2.19. The van der Waals surface area contributed by atoms with Crippen LogP contribution in [0.3, 0.4) is 0 Å². The lowest BCUT2D eigenvalue weighted by molar-refractivity contribution is -0.146. The predicted molar refractivity (Wildman–Crippen MR) is 79.7 cm³/mol. The molecule has 0 spiro atoms. The van der Waals surface area contributed by atoms with E-state index in [9.17, 15) is 4.79 Å². The summed E-state index contributed by atoms with van der Waals surface area (Å²) in [5.74, 6) is -0.414. The largest absolute Gasteiger partial charge is 0.455 e. The molecule has 0 radical (unpaired) electrons. The van der Waals surface area contributed by atoms with Crippen LogP contribution in [-0.2, 0) is 9.53 Å². The van der Waals surface area contributed by atoms with Gasteiger partial charge in [0.05, 0.1) is 5.52 Å². The fourth-order valence-corrected chi connectivity index (χ4v) is 2.18. The summed E-state index contributed by atoms with van der Waals surface area (Å²) < 4.78 is 7.10. The zero-order valence-corrected chi connectivity index (χ0v) is 11.8. The second-order valence-corrected chi connectivity index (χ2v) is 5.77. The molecule has 0 unspecified atom stereocenters. The smallest absolute Gasteiger partial charge is 0.359 e. The van der Waals surface area contributed by atoms with E-state index in [0.29, 0.717) is 5.71 Å². The quantitative estimate of drug-likeness (QED) is 0.745. The third kappa shape index (κ3) is 2.25. The zero-order valence-electron chi connectivity index (χ0n) is 11.8. The van der Waals surface area contributed by atoms with E-state index >= 15 is 0 Å². The first kappa shape index (κ1) is 12.7. The zero-order chi connectivity index (χ0) is 14.3. The van der Waals surface area contributed by atoms with Crippen LogP contribution in [0.2, 0.25) is 0 Å². The van der Waals surface area contributed by atoms with Crippen molar-refractivity contribution < 1.29 is 9.53 Å². The topological polar surface area (TPSA) is 43.6 Å². The van der Waals surface area contributed by atoms with Crippen molar-refractivity contribution in [3.05, 3.63) is 42.1 Å². The Balaban J connectivity index is 2.05. The number of carbonyl (C=O) groups is 1. The van der Waals surface area contributed by atoms with Crippen LogP contribution in [0, 0.1) is 0 Å². The number of hydrogen-bond acceptors (Lipinski definition) is 3. The number of hydrogen-bond donors (Lipinski definition) is 0. The molecule has 20 heavy (non-hydrogen) atoms. The van der Waals surface area contributed by atoms with Gasteiger partial charge in [0.1, 0.15) is 5.60 Å². The van der Waals surface area contributed by atoms with Crippen molar-refractivity contribution in [1.29, 1.82) is 0 Å². The minimum Gasteiger partial charge on any atom is -0.455 e. The van der Waals surface area contributed by atoms with E-state index in [4.69, 9.17) is 4.74 Å². The number of ether oxygens (including phenoxy) is 1. The molecule has 0 saturated heterocycles. The van der Waals surface area contributed by atoms with Crippen molar-refractivity contribution in [1.82, 2.24) is 4.68 Å². The molecule has 0 aliphatic carbocycles. The fourth-order valence-electron chi connectivity index (χ4n) is 2.18. The van der Waals surface area contributed by atoms with Gasteiger partial charge >= 0.3 is 5.97 Å². The highest BCUT2D eigenvalue weighted by molar-refractivity contribution is 6.42. The summed E-state index contributed by atoms with van der Waals surface area (Å²) in [6.07, 6.45) is 5.45. The molecule has 1 aliphatic rings. The highest BCUT2D eigenvalue weighted by atomic mass is 16.6. The maximum absolute atomic E-state index is 12.1. The van der Waals surface area contributed by atoms with Crippen LogP contribution in [0.4, 0.5) is 0 Å². The van der Waals surface area contributed by atoms with Crippen LogP contribution in [0.15, 0.2) is 41.6 Å². The number of rotatable bonds is 1. The number of para-hydroxylation sites is 1. The number of nitrogens with zero attached hydrogens (tertiary/aromatic N) is 2. The Bertz CT molecular complexity index is 745. The molecule has 4 heteroatoms. The summed E-state index contributed by atoms with van der Waals surface area (Å²) in [5.41, 5.74) is 1.81. The summed E-state index contributed by atoms with van der Waals surface area (Å²) >= 11 is 0. The Morgan fingerprint density at radius 1 is 1.20 bits per heavy atom. The number of carbonyl (C=O) groups excluding carboxylic acids is 1. The summed E-state index contributed by atoms with van der Waals surface area (Å²) in [6, 6.07) is 8.00. The van der Waals surface area contributed by atoms with E-state index in [-0.39, 0.29) is 0 Å². The van der Waals surface area contributed by atoms with E-state index < -0.39 is 11.6 Å². The van der Waals surface area contributed by atoms with E-state index in [0.717, 1.165) is 16.5 Å². The molecule has 1 aromatic heterocycles. The molecule has 0 N–H and O–H groups in total. The van der Waals surface area contributed by atoms with Gasteiger partial charge in [0.2, 0.25) is 0 Å². The third-order valence-corrected chi connectivity index (χ3v) is 2.97. The van der Waals surface area contributed by atoms with Gasteiger partial charge in [0.15, 0.2) is 5.71 Å². The van der Waals surface area contributed by atoms with Crippen LogP contribution in [0.1, 0.15) is 26.3 Å². The third-order valence-electron chi connectivity index (χ3n) is 2.97. The Morgan fingerprint density at radius 3 is 2.75 bits per heavy atom. The highest BCUT2D eigenvalue weighted by Crippen LogP contribution is 2.23. The van der Waals surface area contributed by atoms with Gasteiger partial charge in [0, 0.05) is 17.1 Å². The van der Waals surface area contributed by atoms with Gasteiger partial charge in [-0.2, -0.15) is 5.10 Å². The number of esters is 1. The van der Waals surface area contributed by atoms with Crippen LogP contribution < -0.4 is 0 Å². The maximum atomic E-state index is 12.1. The molecule has 1 aliphatic heterocycles. The normalized spacial score (nSPS) is 14.1. The molecular formula is C16H16N2O2. The first-order valence-corrected chi connectivity index (χ1v) is 6.54. The molecule has 102 valence electrons. The van der Waals surface area contributed by atoms with Crippen LogP contribution in [0.5, 0.6) is 0 Å². The lowest BCUT2D eigenvalue weighted by atomic mass is 10.1. The summed E-state index contributed by atoms with van der Waals surface area (Å²) in [6.45, 7) is 5.53. The molecular weight excluding hydrogens is 252 g/mol. The van der Waals surface area contributed by atoms with Gasteiger partial charge in [-0.25, -0.2) is 9.47 Å². The minimum absolute atomic E-state index is 0.300. The van der Waals surface area contributed by atoms with Crippen molar-refractivity contribution in [2.24, 2.45) is 5.10 Å². The monoisotopic (exact) mass is 268 g/mol. The number of benzene rings is 1. The summed E-state index contributed by atoms with van der Waals surface area (Å²) in [5, 5.41) is 5.47. The molecule has 2 aromatic rings. The molecule has 1 aromatic carbocycles. The van der Waals surface area contributed by atoms with Gasteiger partial charge in [-0.3, -0.25) is 0 Å². The second-order valence-electron chi connectivity index (χ2n) is 5.77. The molecule has 2 heterocycles. The first-order chi connectivity index (χ1) is 9.44. The molecule has 0 bridgehead atoms. The van der Waals surface area contributed by atoms with Crippen molar-refractivity contribution >= 4 is 28.7 Å². The molecule has 3 rings (SSSR count). The van der Waals surface area contributed by atoms with Gasteiger partial charge in [0.25, 0.3) is 0 Å². The Labute approximate surface area is 117 Å². The van der Waals surface area contributed by atoms with Gasteiger partial charge in [-0.1, -0.05) is 24.3 Å². The van der Waals surface area contributed by atoms with Crippen molar-refractivity contribution in [2.75, 3.05) is 0 Å². The Kier molecular flexibility index (Phi) is 2.74. The van der Waals surface area contributed by atoms with Gasteiger partial charge in [-0.05, 0) is 32.9 Å². The van der Waals surface area contributed by atoms with E-state index in [1.165, 1.54) is 0 Å². The standard InChI is InChI=1S/C16H16N2O2/c1-16(2,3)20-15(19)13-8-7-11-5-4-6-12-9-10-18(17-13)14(11)12/h4-10H,1-3H3. The number of aromatic nitrogens is 1. The van der Waals surface area contributed by atoms with Crippen LogP contribution in [0.25, 0.3) is 17.0 Å². The van der Waals surface area contributed by atoms with Crippen molar-refractivity contribution in [3.8, 4) is 0 Å². The molecule has 0 fully saturated rings. The lowest BCUT2D eigenvalue weighted by Crippen LogP contribution is -2.28. The van der Waals surface area contributed by atoms with Crippen molar-refractivity contribution in [2.45, 2.75) is 26.4 Å². The minimum atomic E-state index is -0.529. The van der Waals surface area contributed by atoms with Gasteiger partial charge in [-0.15, -0.1) is 0 Å².